The van der Waals surface area contributed by atoms with E-state index in [9.17, 15) is 0 Å². The van der Waals surface area contributed by atoms with Crippen LogP contribution in [0.25, 0.3) is 10.8 Å². The van der Waals surface area contributed by atoms with Crippen molar-refractivity contribution in [1.82, 2.24) is 0 Å². The van der Waals surface area contributed by atoms with E-state index in [1.54, 1.807) is 0 Å². The Morgan fingerprint density at radius 1 is 0.714 bits per heavy atom. The average Bonchev–Trinajstić information content (AvgIpc) is 2.48. The number of rotatable bonds is 2. The zero-order valence-electron chi connectivity index (χ0n) is 10.8. The van der Waals surface area contributed by atoms with Gasteiger partial charge in [0.05, 0.1) is 5.38 Å². The smallest absolute Gasteiger partial charge is 0.0846 e. The molecule has 0 N–H and O–H groups in total. The molecule has 0 heterocycles. The van der Waals surface area contributed by atoms with E-state index in [2.05, 4.69) is 78.1 Å². The van der Waals surface area contributed by atoms with Gasteiger partial charge in [-0.2, -0.15) is 0 Å². The van der Waals surface area contributed by atoms with E-state index in [1.807, 2.05) is 24.3 Å². The molecule has 0 amide bonds. The second-order valence-corrected chi connectivity index (χ2v) is 7.90. The SMILES string of the molecule is ClC(c1ccc2cc(Br)ccc2c1)c1cc(Br)ccc1Br. The van der Waals surface area contributed by atoms with Gasteiger partial charge in [-0.25, -0.2) is 0 Å². The van der Waals surface area contributed by atoms with Crippen LogP contribution in [0.15, 0.2) is 68.0 Å². The van der Waals surface area contributed by atoms with E-state index in [4.69, 9.17) is 11.6 Å². The molecule has 0 spiro atoms. The second-order valence-electron chi connectivity index (χ2n) is 4.78. The average molecular weight is 489 g/mol. The molecule has 21 heavy (non-hydrogen) atoms. The highest BCUT2D eigenvalue weighted by atomic mass is 79.9. The standard InChI is InChI=1S/C17H10Br3Cl/c18-13-4-3-10-7-12(2-1-11(10)8-13)17(21)15-9-14(19)5-6-16(15)20/h1-9,17H. The predicted octanol–water partition coefficient (Wildman–Crippen LogP) is 7.46. The zero-order chi connectivity index (χ0) is 15.0. The first kappa shape index (κ1) is 15.5. The summed E-state index contributed by atoms with van der Waals surface area (Å²) in [6.07, 6.45) is 0. The van der Waals surface area contributed by atoms with Crippen LogP contribution in [0.2, 0.25) is 0 Å². The molecule has 0 aromatic heterocycles. The van der Waals surface area contributed by atoms with Crippen molar-refractivity contribution in [3.8, 4) is 0 Å². The van der Waals surface area contributed by atoms with Gasteiger partial charge in [0, 0.05) is 13.4 Å². The number of halogens is 4. The van der Waals surface area contributed by atoms with Crippen LogP contribution in [0.3, 0.4) is 0 Å². The largest absolute Gasteiger partial charge is 0.113 e. The zero-order valence-corrected chi connectivity index (χ0v) is 16.3. The number of hydrogen-bond donors (Lipinski definition) is 0. The summed E-state index contributed by atoms with van der Waals surface area (Å²) < 4.78 is 3.12. The van der Waals surface area contributed by atoms with Gasteiger partial charge in [0.25, 0.3) is 0 Å². The lowest BCUT2D eigenvalue weighted by Crippen LogP contribution is -1.95. The van der Waals surface area contributed by atoms with Crippen molar-refractivity contribution in [3.63, 3.8) is 0 Å². The summed E-state index contributed by atoms with van der Waals surface area (Å²) in [5, 5.41) is 2.20. The first-order valence-electron chi connectivity index (χ1n) is 6.33. The molecule has 3 aromatic rings. The third-order valence-electron chi connectivity index (χ3n) is 3.35. The third-order valence-corrected chi connectivity index (χ3v) is 5.55. The fraction of sp³-hybridized carbons (Fsp3) is 0.0588. The molecule has 0 aliphatic rings. The Bertz CT molecular complexity index is 814. The van der Waals surface area contributed by atoms with Gasteiger partial charge in [-0.3, -0.25) is 0 Å². The molecule has 0 saturated heterocycles. The van der Waals surface area contributed by atoms with Crippen LogP contribution in [0.5, 0.6) is 0 Å². The van der Waals surface area contributed by atoms with Crippen LogP contribution in [-0.4, -0.2) is 0 Å². The monoisotopic (exact) mass is 486 g/mol. The highest BCUT2D eigenvalue weighted by Crippen LogP contribution is 2.36. The van der Waals surface area contributed by atoms with E-state index in [0.717, 1.165) is 24.5 Å². The molecule has 0 aliphatic heterocycles. The Kier molecular flexibility index (Phi) is 4.75. The number of alkyl halides is 1. The molecular weight excluding hydrogens is 479 g/mol. The summed E-state index contributed by atoms with van der Waals surface area (Å²) in [5.41, 5.74) is 2.15. The number of hydrogen-bond acceptors (Lipinski definition) is 0. The summed E-state index contributed by atoms with van der Waals surface area (Å²) in [6.45, 7) is 0. The molecular formula is C17H10Br3Cl. The lowest BCUT2D eigenvalue weighted by molar-refractivity contribution is 1.13. The maximum atomic E-state index is 6.68. The summed E-state index contributed by atoms with van der Waals surface area (Å²) in [4.78, 5) is 0. The van der Waals surface area contributed by atoms with Gasteiger partial charge in [-0.1, -0.05) is 66.0 Å². The van der Waals surface area contributed by atoms with Crippen LogP contribution in [0, 0.1) is 0 Å². The normalized spacial score (nSPS) is 12.6. The van der Waals surface area contributed by atoms with Gasteiger partial charge in [-0.05, 0) is 58.3 Å². The molecule has 1 atom stereocenters. The number of fused-ring (bicyclic) bond motifs is 1. The Morgan fingerprint density at radius 2 is 1.33 bits per heavy atom. The molecule has 1 unspecified atom stereocenters. The van der Waals surface area contributed by atoms with E-state index in [1.165, 1.54) is 10.8 Å². The molecule has 0 bridgehead atoms. The van der Waals surface area contributed by atoms with E-state index in [0.29, 0.717) is 0 Å². The highest BCUT2D eigenvalue weighted by molar-refractivity contribution is 9.11. The fourth-order valence-electron chi connectivity index (χ4n) is 2.28. The van der Waals surface area contributed by atoms with Crippen molar-refractivity contribution in [2.75, 3.05) is 0 Å². The molecule has 0 saturated carbocycles. The molecule has 0 nitrogen and oxygen atoms in total. The minimum Gasteiger partial charge on any atom is -0.113 e. The minimum absolute atomic E-state index is 0.190. The third kappa shape index (κ3) is 3.37. The first-order valence-corrected chi connectivity index (χ1v) is 9.14. The summed E-state index contributed by atoms with van der Waals surface area (Å²) >= 11 is 17.3. The van der Waals surface area contributed by atoms with E-state index in [-0.39, 0.29) is 5.38 Å². The Morgan fingerprint density at radius 3 is 2.14 bits per heavy atom. The predicted molar refractivity (Wildman–Crippen MR) is 101 cm³/mol. The van der Waals surface area contributed by atoms with Gasteiger partial charge in [0.1, 0.15) is 0 Å². The van der Waals surface area contributed by atoms with Gasteiger partial charge in [0.2, 0.25) is 0 Å². The molecule has 106 valence electrons. The van der Waals surface area contributed by atoms with E-state index >= 15 is 0 Å². The molecule has 0 fully saturated rings. The van der Waals surface area contributed by atoms with Gasteiger partial charge < -0.3 is 0 Å². The molecule has 0 aliphatic carbocycles. The Balaban J connectivity index is 2.07. The summed E-state index contributed by atoms with van der Waals surface area (Å²) in [7, 11) is 0. The van der Waals surface area contributed by atoms with Crippen LogP contribution in [-0.2, 0) is 0 Å². The van der Waals surface area contributed by atoms with Crippen molar-refractivity contribution < 1.29 is 0 Å². The Labute approximate surface area is 153 Å². The fourth-order valence-corrected chi connectivity index (χ4v) is 3.96. The summed E-state index contributed by atoms with van der Waals surface area (Å²) in [5.74, 6) is 0. The van der Waals surface area contributed by atoms with E-state index < -0.39 is 0 Å². The van der Waals surface area contributed by atoms with Crippen LogP contribution >= 0.6 is 59.4 Å². The first-order chi connectivity index (χ1) is 10.0. The highest BCUT2D eigenvalue weighted by Gasteiger charge is 2.15. The van der Waals surface area contributed by atoms with Gasteiger partial charge in [0.15, 0.2) is 0 Å². The van der Waals surface area contributed by atoms with Crippen LogP contribution < -0.4 is 0 Å². The van der Waals surface area contributed by atoms with Crippen molar-refractivity contribution in [1.29, 1.82) is 0 Å². The molecule has 3 aromatic carbocycles. The topological polar surface area (TPSA) is 0 Å². The van der Waals surface area contributed by atoms with Crippen molar-refractivity contribution in [3.05, 3.63) is 79.1 Å². The molecule has 4 heteroatoms. The molecule has 3 rings (SSSR count). The maximum Gasteiger partial charge on any atom is 0.0846 e. The number of benzene rings is 3. The van der Waals surface area contributed by atoms with Crippen LogP contribution in [0.4, 0.5) is 0 Å². The van der Waals surface area contributed by atoms with Crippen LogP contribution in [0.1, 0.15) is 16.5 Å². The van der Waals surface area contributed by atoms with Gasteiger partial charge in [-0.15, -0.1) is 11.6 Å². The second kappa shape index (κ2) is 6.41. The van der Waals surface area contributed by atoms with Crippen molar-refractivity contribution in [2.45, 2.75) is 5.38 Å². The van der Waals surface area contributed by atoms with Crippen molar-refractivity contribution >= 4 is 70.2 Å². The lowest BCUT2D eigenvalue weighted by atomic mass is 10.0. The Hall–Kier alpha value is -0.350. The minimum atomic E-state index is -0.190. The molecule has 0 radical (unpaired) electrons. The van der Waals surface area contributed by atoms with Crippen molar-refractivity contribution in [2.24, 2.45) is 0 Å². The van der Waals surface area contributed by atoms with Gasteiger partial charge >= 0.3 is 0 Å². The summed E-state index contributed by atoms with van der Waals surface area (Å²) in [6, 6.07) is 18.6. The quantitative estimate of drug-likeness (QED) is 0.328. The lowest BCUT2D eigenvalue weighted by Gasteiger charge is -2.14. The maximum absolute atomic E-state index is 6.68.